The Morgan fingerprint density at radius 2 is 2.08 bits per heavy atom. The maximum Gasteiger partial charge on any atom is 0.271 e. The summed E-state index contributed by atoms with van der Waals surface area (Å²) in [5.41, 5.74) is 0.667. The summed E-state index contributed by atoms with van der Waals surface area (Å²) in [6.07, 6.45) is 1.93. The molecule has 0 unspecified atom stereocenters. The van der Waals surface area contributed by atoms with Crippen molar-refractivity contribution >= 4 is 5.91 Å². The van der Waals surface area contributed by atoms with Crippen LogP contribution in [0.1, 0.15) is 68.0 Å². The average molecular weight is 332 g/mol. The van der Waals surface area contributed by atoms with Crippen molar-refractivity contribution in [3.05, 3.63) is 35.8 Å². The van der Waals surface area contributed by atoms with Crippen molar-refractivity contribution in [2.75, 3.05) is 19.8 Å². The Kier molecular flexibility index (Phi) is 4.71. The Balaban J connectivity index is 1.88. The molecule has 1 amide bonds. The molecule has 0 aromatic carbocycles. The van der Waals surface area contributed by atoms with Crippen LogP contribution in [0.15, 0.2) is 22.7 Å². The van der Waals surface area contributed by atoms with Gasteiger partial charge in [-0.2, -0.15) is 0 Å². The van der Waals surface area contributed by atoms with E-state index in [-0.39, 0.29) is 23.9 Å². The third-order valence-corrected chi connectivity index (χ3v) is 4.18. The highest BCUT2D eigenvalue weighted by molar-refractivity contribution is 5.93. The number of rotatable bonds is 4. The lowest BCUT2D eigenvalue weighted by Crippen LogP contribution is -2.44. The first-order valence-electron chi connectivity index (χ1n) is 8.38. The molecule has 0 saturated carbocycles. The standard InChI is InChI=1S/C17H24N4O3/c1-11(2)15-18-19-16(24-15)14-10-23-9-8-21(14)17(22)13-6-5-7-20(13)12(3)4/h5-7,11-12,14H,8-10H2,1-4H3/t14-/m0/s1. The molecule has 0 radical (unpaired) electrons. The molecule has 3 heterocycles. The van der Waals surface area contributed by atoms with E-state index in [1.807, 2.05) is 36.7 Å². The molecular formula is C17H24N4O3. The number of hydrogen-bond donors (Lipinski definition) is 0. The van der Waals surface area contributed by atoms with E-state index in [0.29, 0.717) is 37.2 Å². The van der Waals surface area contributed by atoms with Gasteiger partial charge in [-0.05, 0) is 26.0 Å². The van der Waals surface area contributed by atoms with Crippen molar-refractivity contribution in [2.45, 2.75) is 45.7 Å². The van der Waals surface area contributed by atoms with Gasteiger partial charge in [0, 0.05) is 24.7 Å². The Labute approximate surface area is 141 Å². The van der Waals surface area contributed by atoms with Crippen molar-refractivity contribution in [1.82, 2.24) is 19.7 Å². The predicted molar refractivity (Wildman–Crippen MR) is 87.8 cm³/mol. The van der Waals surface area contributed by atoms with E-state index in [9.17, 15) is 4.79 Å². The van der Waals surface area contributed by atoms with Gasteiger partial charge in [-0.1, -0.05) is 13.8 Å². The van der Waals surface area contributed by atoms with Gasteiger partial charge >= 0.3 is 0 Å². The first-order valence-corrected chi connectivity index (χ1v) is 8.38. The fourth-order valence-electron chi connectivity index (χ4n) is 2.84. The van der Waals surface area contributed by atoms with Gasteiger partial charge in [0.25, 0.3) is 5.91 Å². The van der Waals surface area contributed by atoms with Crippen LogP contribution < -0.4 is 0 Å². The van der Waals surface area contributed by atoms with E-state index < -0.39 is 0 Å². The number of hydrogen-bond acceptors (Lipinski definition) is 5. The first-order chi connectivity index (χ1) is 11.5. The number of amides is 1. The van der Waals surface area contributed by atoms with Gasteiger partial charge in [0.15, 0.2) is 0 Å². The largest absolute Gasteiger partial charge is 0.423 e. The number of aromatic nitrogens is 3. The highest BCUT2D eigenvalue weighted by atomic mass is 16.5. The van der Waals surface area contributed by atoms with E-state index in [2.05, 4.69) is 24.0 Å². The van der Waals surface area contributed by atoms with Crippen LogP contribution in [0, 0.1) is 0 Å². The summed E-state index contributed by atoms with van der Waals surface area (Å²) in [6, 6.07) is 3.62. The highest BCUT2D eigenvalue weighted by Gasteiger charge is 2.34. The molecule has 3 rings (SSSR count). The van der Waals surface area contributed by atoms with Gasteiger partial charge in [-0.25, -0.2) is 0 Å². The van der Waals surface area contributed by atoms with Crippen LogP contribution in [0.4, 0.5) is 0 Å². The summed E-state index contributed by atoms with van der Waals surface area (Å²) in [5.74, 6) is 1.13. The summed E-state index contributed by atoms with van der Waals surface area (Å²) in [4.78, 5) is 14.8. The van der Waals surface area contributed by atoms with Crippen LogP contribution in [-0.4, -0.2) is 45.3 Å². The quantitative estimate of drug-likeness (QED) is 0.861. The molecule has 1 fully saturated rings. The second kappa shape index (κ2) is 6.76. The topological polar surface area (TPSA) is 73.4 Å². The lowest BCUT2D eigenvalue weighted by molar-refractivity contribution is -0.0113. The molecule has 1 aliphatic heterocycles. The maximum atomic E-state index is 13.1. The maximum absolute atomic E-state index is 13.1. The fraction of sp³-hybridized carbons (Fsp3) is 0.588. The van der Waals surface area contributed by atoms with Gasteiger partial charge in [0.1, 0.15) is 11.7 Å². The van der Waals surface area contributed by atoms with Crippen LogP contribution in [0.25, 0.3) is 0 Å². The Morgan fingerprint density at radius 3 is 2.75 bits per heavy atom. The predicted octanol–water partition coefficient (Wildman–Crippen LogP) is 2.79. The SMILES string of the molecule is CC(C)c1nnc([C@@H]2COCCN2C(=O)c2cccn2C(C)C)o1. The minimum absolute atomic E-state index is 0.0358. The number of nitrogens with zero attached hydrogens (tertiary/aromatic N) is 4. The van der Waals surface area contributed by atoms with Crippen LogP contribution in [0.5, 0.6) is 0 Å². The Morgan fingerprint density at radius 1 is 1.29 bits per heavy atom. The first kappa shape index (κ1) is 16.7. The summed E-state index contributed by atoms with van der Waals surface area (Å²) in [5, 5.41) is 8.21. The van der Waals surface area contributed by atoms with E-state index in [0.717, 1.165) is 0 Å². The second-order valence-electron chi connectivity index (χ2n) is 6.62. The van der Waals surface area contributed by atoms with Crippen molar-refractivity contribution in [3.8, 4) is 0 Å². The Hall–Kier alpha value is -2.15. The molecule has 1 saturated heterocycles. The van der Waals surface area contributed by atoms with E-state index in [1.165, 1.54) is 0 Å². The van der Waals surface area contributed by atoms with Crippen molar-refractivity contribution in [1.29, 1.82) is 0 Å². The lowest BCUT2D eigenvalue weighted by Gasteiger charge is -2.33. The molecule has 24 heavy (non-hydrogen) atoms. The molecule has 0 N–H and O–H groups in total. The van der Waals surface area contributed by atoms with Crippen molar-refractivity contribution < 1.29 is 13.9 Å². The summed E-state index contributed by atoms with van der Waals surface area (Å²) >= 11 is 0. The molecule has 0 spiro atoms. The van der Waals surface area contributed by atoms with Crippen LogP contribution in [-0.2, 0) is 4.74 Å². The van der Waals surface area contributed by atoms with E-state index in [4.69, 9.17) is 9.15 Å². The minimum atomic E-state index is -0.346. The molecule has 2 aromatic rings. The number of carbonyl (C=O) groups is 1. The zero-order valence-corrected chi connectivity index (χ0v) is 14.6. The fourth-order valence-corrected chi connectivity index (χ4v) is 2.84. The summed E-state index contributed by atoms with van der Waals surface area (Å²) in [6.45, 7) is 9.48. The molecular weight excluding hydrogens is 308 g/mol. The van der Waals surface area contributed by atoms with Gasteiger partial charge < -0.3 is 18.6 Å². The van der Waals surface area contributed by atoms with Crippen LogP contribution >= 0.6 is 0 Å². The average Bonchev–Trinajstić information content (AvgIpc) is 3.23. The lowest BCUT2D eigenvalue weighted by atomic mass is 10.2. The molecule has 0 bridgehead atoms. The number of ether oxygens (including phenoxy) is 1. The third kappa shape index (κ3) is 3.08. The van der Waals surface area contributed by atoms with Gasteiger partial charge in [-0.3, -0.25) is 4.79 Å². The molecule has 130 valence electrons. The second-order valence-corrected chi connectivity index (χ2v) is 6.62. The molecule has 2 aromatic heterocycles. The highest BCUT2D eigenvalue weighted by Crippen LogP contribution is 2.27. The van der Waals surface area contributed by atoms with Crippen molar-refractivity contribution in [2.24, 2.45) is 0 Å². The third-order valence-electron chi connectivity index (χ3n) is 4.18. The van der Waals surface area contributed by atoms with Crippen molar-refractivity contribution in [3.63, 3.8) is 0 Å². The molecule has 7 heteroatoms. The summed E-state index contributed by atoms with van der Waals surface area (Å²) < 4.78 is 13.3. The molecule has 7 nitrogen and oxygen atoms in total. The summed E-state index contributed by atoms with van der Waals surface area (Å²) in [7, 11) is 0. The molecule has 1 atom stereocenters. The molecule has 0 aliphatic carbocycles. The normalized spacial score (nSPS) is 18.6. The minimum Gasteiger partial charge on any atom is -0.423 e. The van der Waals surface area contributed by atoms with Crippen LogP contribution in [0.2, 0.25) is 0 Å². The van der Waals surface area contributed by atoms with Gasteiger partial charge in [-0.15, -0.1) is 10.2 Å². The number of carbonyl (C=O) groups excluding carboxylic acids is 1. The zero-order chi connectivity index (χ0) is 17.3. The monoisotopic (exact) mass is 332 g/mol. The number of morpholine rings is 1. The molecule has 1 aliphatic rings. The van der Waals surface area contributed by atoms with E-state index >= 15 is 0 Å². The van der Waals surface area contributed by atoms with E-state index in [1.54, 1.807) is 4.90 Å². The Bertz CT molecular complexity index is 704. The van der Waals surface area contributed by atoms with Crippen LogP contribution in [0.3, 0.4) is 0 Å². The zero-order valence-electron chi connectivity index (χ0n) is 14.6. The van der Waals surface area contributed by atoms with Gasteiger partial charge in [0.2, 0.25) is 11.8 Å². The smallest absolute Gasteiger partial charge is 0.271 e. The van der Waals surface area contributed by atoms with Gasteiger partial charge in [0.05, 0.1) is 13.2 Å².